The summed E-state index contributed by atoms with van der Waals surface area (Å²) in [6.07, 6.45) is 4.39. The van der Waals surface area contributed by atoms with Crippen LogP contribution in [0.15, 0.2) is 78.0 Å². The summed E-state index contributed by atoms with van der Waals surface area (Å²) in [5, 5.41) is 1.09. The number of methoxy groups -OCH3 is 1. The fraction of sp³-hybridized carbons (Fsp3) is 0.0870. The topological polar surface area (TPSA) is 47.4 Å². The Balaban J connectivity index is 1.51. The van der Waals surface area contributed by atoms with Crippen molar-refractivity contribution in [3.05, 3.63) is 84.3 Å². The Morgan fingerprint density at radius 1 is 0.889 bits per heavy atom. The van der Waals surface area contributed by atoms with E-state index in [4.69, 9.17) is 14.7 Å². The van der Waals surface area contributed by atoms with E-state index in [1.807, 2.05) is 18.3 Å². The van der Waals surface area contributed by atoms with Crippen molar-refractivity contribution < 1.29 is 4.74 Å². The summed E-state index contributed by atoms with van der Waals surface area (Å²) in [5.41, 5.74) is 7.36. The number of hydrogen-bond acceptors (Lipinski definition) is 4. The maximum atomic E-state index is 5.28. The Morgan fingerprint density at radius 2 is 1.81 bits per heavy atom. The van der Waals surface area contributed by atoms with Crippen molar-refractivity contribution >= 4 is 22.3 Å². The van der Waals surface area contributed by atoms with Crippen LogP contribution in [-0.2, 0) is 6.42 Å². The minimum Gasteiger partial charge on any atom is -0.495 e. The molecule has 2 aromatic carbocycles. The quantitative estimate of drug-likeness (QED) is 0.523. The van der Waals surface area contributed by atoms with Crippen LogP contribution in [0.4, 0.5) is 5.69 Å². The summed E-state index contributed by atoms with van der Waals surface area (Å²) in [5.74, 6) is 0.750. The number of ether oxygens (including phenoxy) is 1. The van der Waals surface area contributed by atoms with E-state index in [9.17, 15) is 0 Å². The van der Waals surface area contributed by atoms with Crippen LogP contribution in [0.2, 0.25) is 0 Å². The van der Waals surface area contributed by atoms with Crippen molar-refractivity contribution in [2.75, 3.05) is 7.11 Å². The SMILES string of the molecule is COc1cncc(-c2ccc3nc(C4=Nc5ccccc5C4)ccc3c2)c1. The van der Waals surface area contributed by atoms with Gasteiger partial charge in [0.05, 0.1) is 35.9 Å². The van der Waals surface area contributed by atoms with Crippen LogP contribution in [0.25, 0.3) is 22.0 Å². The first kappa shape index (κ1) is 15.7. The summed E-state index contributed by atoms with van der Waals surface area (Å²) >= 11 is 0. The highest BCUT2D eigenvalue weighted by Gasteiger charge is 2.16. The molecule has 4 aromatic rings. The lowest BCUT2D eigenvalue weighted by Gasteiger charge is -2.07. The van der Waals surface area contributed by atoms with Gasteiger partial charge in [-0.3, -0.25) is 9.98 Å². The van der Waals surface area contributed by atoms with Crippen LogP contribution in [0.5, 0.6) is 5.75 Å². The molecule has 0 saturated carbocycles. The lowest BCUT2D eigenvalue weighted by molar-refractivity contribution is 0.413. The zero-order valence-corrected chi connectivity index (χ0v) is 14.9. The average molecular weight is 351 g/mol. The first-order chi connectivity index (χ1) is 13.3. The largest absolute Gasteiger partial charge is 0.495 e. The first-order valence-electron chi connectivity index (χ1n) is 8.86. The molecule has 4 heteroatoms. The fourth-order valence-electron chi connectivity index (χ4n) is 3.44. The van der Waals surface area contributed by atoms with Gasteiger partial charge in [0, 0.05) is 23.6 Å². The van der Waals surface area contributed by atoms with Gasteiger partial charge in [-0.05, 0) is 41.5 Å². The van der Waals surface area contributed by atoms with Gasteiger partial charge in [0.25, 0.3) is 0 Å². The monoisotopic (exact) mass is 351 g/mol. The lowest BCUT2D eigenvalue weighted by Crippen LogP contribution is -2.03. The van der Waals surface area contributed by atoms with Crippen molar-refractivity contribution in [3.8, 4) is 16.9 Å². The molecule has 3 heterocycles. The molecule has 0 saturated heterocycles. The highest BCUT2D eigenvalue weighted by molar-refractivity contribution is 6.06. The summed E-state index contributed by atoms with van der Waals surface area (Å²) < 4.78 is 5.28. The number of fused-ring (bicyclic) bond motifs is 2. The molecule has 0 fully saturated rings. The van der Waals surface area contributed by atoms with E-state index in [2.05, 4.69) is 53.5 Å². The summed E-state index contributed by atoms with van der Waals surface area (Å²) in [4.78, 5) is 13.8. The average Bonchev–Trinajstić information content (AvgIpc) is 3.17. The zero-order chi connectivity index (χ0) is 18.2. The van der Waals surface area contributed by atoms with Crippen LogP contribution in [0, 0.1) is 0 Å². The molecule has 2 aromatic heterocycles. The van der Waals surface area contributed by atoms with Gasteiger partial charge in [-0.1, -0.05) is 30.3 Å². The normalized spacial score (nSPS) is 12.7. The first-order valence-corrected chi connectivity index (χ1v) is 8.86. The van der Waals surface area contributed by atoms with Crippen molar-refractivity contribution in [2.24, 2.45) is 4.99 Å². The van der Waals surface area contributed by atoms with Gasteiger partial charge >= 0.3 is 0 Å². The van der Waals surface area contributed by atoms with E-state index in [0.717, 1.165) is 51.3 Å². The van der Waals surface area contributed by atoms with Crippen molar-refractivity contribution in [2.45, 2.75) is 6.42 Å². The van der Waals surface area contributed by atoms with Gasteiger partial charge in [0.15, 0.2) is 0 Å². The van der Waals surface area contributed by atoms with Gasteiger partial charge in [0.1, 0.15) is 5.75 Å². The lowest BCUT2D eigenvalue weighted by atomic mass is 10.0. The molecule has 5 rings (SSSR count). The van der Waals surface area contributed by atoms with E-state index in [0.29, 0.717) is 0 Å². The van der Waals surface area contributed by atoms with E-state index in [1.54, 1.807) is 13.3 Å². The Hall–Kier alpha value is -3.53. The number of aromatic nitrogens is 2. The number of rotatable bonds is 3. The number of para-hydroxylation sites is 1. The van der Waals surface area contributed by atoms with Gasteiger partial charge < -0.3 is 4.74 Å². The number of hydrogen-bond donors (Lipinski definition) is 0. The highest BCUT2D eigenvalue weighted by Crippen LogP contribution is 2.29. The maximum absolute atomic E-state index is 5.28. The fourth-order valence-corrected chi connectivity index (χ4v) is 3.44. The third-order valence-corrected chi connectivity index (χ3v) is 4.87. The molecule has 0 unspecified atom stereocenters. The van der Waals surface area contributed by atoms with Crippen LogP contribution in [0.1, 0.15) is 11.3 Å². The molecular formula is C23H17N3O. The second-order valence-corrected chi connectivity index (χ2v) is 6.58. The number of aliphatic imine (C=N–C) groups is 1. The van der Waals surface area contributed by atoms with Crippen molar-refractivity contribution in [1.82, 2.24) is 9.97 Å². The molecule has 27 heavy (non-hydrogen) atoms. The van der Waals surface area contributed by atoms with Crippen LogP contribution in [-0.4, -0.2) is 22.8 Å². The minimum absolute atomic E-state index is 0.750. The molecule has 1 aliphatic heterocycles. The van der Waals surface area contributed by atoms with Crippen LogP contribution < -0.4 is 4.74 Å². The summed E-state index contributed by atoms with van der Waals surface area (Å²) in [6, 6.07) is 20.7. The van der Waals surface area contributed by atoms with Gasteiger partial charge in [-0.15, -0.1) is 0 Å². The van der Waals surface area contributed by atoms with E-state index >= 15 is 0 Å². The Kier molecular flexibility index (Phi) is 3.68. The number of pyridine rings is 2. The molecule has 4 nitrogen and oxygen atoms in total. The van der Waals surface area contributed by atoms with Gasteiger partial charge in [-0.25, -0.2) is 4.98 Å². The van der Waals surface area contributed by atoms with Crippen molar-refractivity contribution in [3.63, 3.8) is 0 Å². The Bertz CT molecular complexity index is 1200. The zero-order valence-electron chi connectivity index (χ0n) is 14.9. The molecule has 0 spiro atoms. The molecule has 0 atom stereocenters. The third-order valence-electron chi connectivity index (χ3n) is 4.87. The van der Waals surface area contributed by atoms with Gasteiger partial charge in [0.2, 0.25) is 0 Å². The molecule has 0 N–H and O–H groups in total. The van der Waals surface area contributed by atoms with Crippen LogP contribution in [0.3, 0.4) is 0 Å². The number of benzene rings is 2. The molecule has 1 aliphatic rings. The molecule has 0 amide bonds. The maximum Gasteiger partial charge on any atom is 0.137 e. The highest BCUT2D eigenvalue weighted by atomic mass is 16.5. The van der Waals surface area contributed by atoms with E-state index in [1.165, 1.54) is 5.56 Å². The smallest absolute Gasteiger partial charge is 0.137 e. The summed E-state index contributed by atoms with van der Waals surface area (Å²) in [7, 11) is 1.65. The molecule has 130 valence electrons. The standard InChI is InChI=1S/C23H17N3O/c1-27-19-11-18(13-24-14-19)15-6-8-21-17(10-15)7-9-22(25-21)23-12-16-4-2-3-5-20(16)26-23/h2-11,13-14H,12H2,1H3. The Morgan fingerprint density at radius 3 is 2.70 bits per heavy atom. The van der Waals surface area contributed by atoms with Crippen LogP contribution >= 0.6 is 0 Å². The number of nitrogens with zero attached hydrogens (tertiary/aromatic N) is 3. The molecular weight excluding hydrogens is 334 g/mol. The second kappa shape index (κ2) is 6.32. The van der Waals surface area contributed by atoms with Crippen molar-refractivity contribution in [1.29, 1.82) is 0 Å². The van der Waals surface area contributed by atoms with E-state index in [-0.39, 0.29) is 0 Å². The Labute approximate surface area is 157 Å². The predicted molar refractivity (Wildman–Crippen MR) is 108 cm³/mol. The second-order valence-electron chi connectivity index (χ2n) is 6.58. The van der Waals surface area contributed by atoms with E-state index < -0.39 is 0 Å². The molecule has 0 bridgehead atoms. The molecule has 0 aliphatic carbocycles. The van der Waals surface area contributed by atoms with Gasteiger partial charge in [-0.2, -0.15) is 0 Å². The predicted octanol–water partition coefficient (Wildman–Crippen LogP) is 4.98. The third kappa shape index (κ3) is 2.85. The molecule has 0 radical (unpaired) electrons. The summed E-state index contributed by atoms with van der Waals surface area (Å²) in [6.45, 7) is 0. The minimum atomic E-state index is 0.750.